The number of piperazine rings is 1. The molecule has 7 nitrogen and oxygen atoms in total. The third-order valence-electron chi connectivity index (χ3n) is 8.02. The lowest BCUT2D eigenvalue weighted by molar-refractivity contribution is 0.0741. The summed E-state index contributed by atoms with van der Waals surface area (Å²) >= 11 is 1.50. The Kier molecular flexibility index (Phi) is 10.2. The molecule has 5 aromatic rings. The van der Waals surface area contributed by atoms with E-state index in [-0.39, 0.29) is 11.7 Å². The van der Waals surface area contributed by atoms with Gasteiger partial charge in [0, 0.05) is 44.6 Å². The first kappa shape index (κ1) is 31.3. The summed E-state index contributed by atoms with van der Waals surface area (Å²) in [5, 5.41) is 2.72. The molecule has 1 aliphatic rings. The molecular weight excluding hydrogens is 599 g/mol. The van der Waals surface area contributed by atoms with E-state index in [2.05, 4.69) is 28.0 Å². The van der Waals surface area contributed by atoms with Crippen LogP contribution in [-0.2, 0) is 26.2 Å². The molecule has 0 radical (unpaired) electrons. The van der Waals surface area contributed by atoms with Gasteiger partial charge in [0.15, 0.2) is 0 Å². The molecule has 2 heterocycles. The van der Waals surface area contributed by atoms with Gasteiger partial charge in [0.1, 0.15) is 34.6 Å². The van der Waals surface area contributed by atoms with Gasteiger partial charge in [-0.1, -0.05) is 66.7 Å². The van der Waals surface area contributed by atoms with Crippen LogP contribution in [0.4, 0.5) is 10.1 Å². The number of hydrogen-bond acceptors (Lipinski definition) is 7. The number of thiazole rings is 1. The summed E-state index contributed by atoms with van der Waals surface area (Å²) in [5.41, 5.74) is 4.77. The van der Waals surface area contributed by atoms with Gasteiger partial charge < -0.3 is 19.3 Å². The van der Waals surface area contributed by atoms with Gasteiger partial charge in [0.2, 0.25) is 0 Å². The van der Waals surface area contributed by atoms with Crippen molar-refractivity contribution in [2.24, 2.45) is 0 Å². The Hall–Kier alpha value is -4.73. The number of rotatable bonds is 12. The van der Waals surface area contributed by atoms with E-state index in [0.717, 1.165) is 52.0 Å². The fourth-order valence-electron chi connectivity index (χ4n) is 5.58. The molecular formula is C37H37FN4O3S. The number of benzene rings is 4. The lowest BCUT2D eigenvalue weighted by atomic mass is 10.1. The van der Waals surface area contributed by atoms with E-state index >= 15 is 0 Å². The molecule has 0 bridgehead atoms. The van der Waals surface area contributed by atoms with Crippen LogP contribution < -0.4 is 14.4 Å². The van der Waals surface area contributed by atoms with Crippen LogP contribution in [0.2, 0.25) is 0 Å². The van der Waals surface area contributed by atoms with Crippen LogP contribution in [0, 0.1) is 5.82 Å². The molecule has 0 spiro atoms. The Morgan fingerprint density at radius 3 is 2.15 bits per heavy atom. The van der Waals surface area contributed by atoms with Crippen LogP contribution in [0.15, 0.2) is 109 Å². The van der Waals surface area contributed by atoms with Gasteiger partial charge in [-0.15, -0.1) is 11.3 Å². The molecule has 1 saturated heterocycles. The molecule has 46 heavy (non-hydrogen) atoms. The number of halogens is 1. The van der Waals surface area contributed by atoms with Gasteiger partial charge in [-0.2, -0.15) is 0 Å². The minimum Gasteiger partial charge on any atom is -0.495 e. The number of para-hydroxylation sites is 2. The van der Waals surface area contributed by atoms with Crippen molar-refractivity contribution in [3.05, 3.63) is 142 Å². The number of anilines is 1. The van der Waals surface area contributed by atoms with Gasteiger partial charge in [-0.05, 0) is 53.1 Å². The number of ether oxygens (including phenoxy) is 2. The third kappa shape index (κ3) is 8.10. The number of amides is 1. The normalized spacial score (nSPS) is 13.2. The lowest BCUT2D eigenvalue weighted by Crippen LogP contribution is -2.49. The predicted octanol–water partition coefficient (Wildman–Crippen LogP) is 7.03. The summed E-state index contributed by atoms with van der Waals surface area (Å²) in [4.78, 5) is 24.6. The maximum absolute atomic E-state index is 13.6. The van der Waals surface area contributed by atoms with Crippen molar-refractivity contribution in [2.75, 3.05) is 38.2 Å². The summed E-state index contributed by atoms with van der Waals surface area (Å²) in [6, 6.07) is 32.8. The molecule has 0 saturated carbocycles. The van der Waals surface area contributed by atoms with Crippen LogP contribution in [0.3, 0.4) is 0 Å². The number of methoxy groups -OCH3 is 1. The first-order chi connectivity index (χ1) is 22.5. The Balaban J connectivity index is 1.09. The van der Waals surface area contributed by atoms with Gasteiger partial charge in [0.25, 0.3) is 5.91 Å². The minimum absolute atomic E-state index is 0.0432. The van der Waals surface area contributed by atoms with Crippen LogP contribution in [0.1, 0.15) is 32.2 Å². The maximum Gasteiger partial charge on any atom is 0.273 e. The zero-order valence-corrected chi connectivity index (χ0v) is 26.7. The second-order valence-electron chi connectivity index (χ2n) is 11.3. The zero-order valence-electron chi connectivity index (χ0n) is 25.8. The average Bonchev–Trinajstić information content (AvgIpc) is 3.57. The highest BCUT2D eigenvalue weighted by molar-refractivity contribution is 7.09. The van der Waals surface area contributed by atoms with Gasteiger partial charge >= 0.3 is 0 Å². The summed E-state index contributed by atoms with van der Waals surface area (Å²) < 4.78 is 25.1. The number of carbonyl (C=O) groups is 1. The van der Waals surface area contributed by atoms with Crippen molar-refractivity contribution < 1.29 is 18.7 Å². The Bertz CT molecular complexity index is 1710. The van der Waals surface area contributed by atoms with E-state index in [1.807, 2.05) is 83.1 Å². The summed E-state index contributed by atoms with van der Waals surface area (Å²) in [6.07, 6.45) is 0. The quantitative estimate of drug-likeness (QED) is 0.147. The minimum atomic E-state index is -0.256. The van der Waals surface area contributed by atoms with Gasteiger partial charge in [-0.3, -0.25) is 9.69 Å². The topological polar surface area (TPSA) is 58.1 Å². The lowest BCUT2D eigenvalue weighted by Gasteiger charge is -2.36. The smallest absolute Gasteiger partial charge is 0.273 e. The highest BCUT2D eigenvalue weighted by Gasteiger charge is 2.25. The Morgan fingerprint density at radius 2 is 1.46 bits per heavy atom. The molecule has 0 atom stereocenters. The molecule has 0 unspecified atom stereocenters. The number of nitrogens with zero attached hydrogens (tertiary/aromatic N) is 4. The van der Waals surface area contributed by atoms with E-state index in [1.165, 1.54) is 23.5 Å². The molecule has 1 aromatic heterocycles. The molecule has 0 aliphatic carbocycles. The fraction of sp³-hybridized carbons (Fsp3) is 0.243. The summed E-state index contributed by atoms with van der Waals surface area (Å²) in [6.45, 7) is 5.03. The largest absolute Gasteiger partial charge is 0.495 e. The average molecular weight is 637 g/mol. The molecule has 4 aromatic carbocycles. The molecule has 9 heteroatoms. The van der Waals surface area contributed by atoms with E-state index in [4.69, 9.17) is 14.5 Å². The van der Waals surface area contributed by atoms with E-state index < -0.39 is 0 Å². The fourth-order valence-corrected chi connectivity index (χ4v) is 6.39. The van der Waals surface area contributed by atoms with Crippen molar-refractivity contribution >= 4 is 22.9 Å². The number of carbonyl (C=O) groups excluding carboxylic acids is 1. The third-order valence-corrected chi connectivity index (χ3v) is 8.85. The van der Waals surface area contributed by atoms with Crippen molar-refractivity contribution in [1.82, 2.24) is 14.8 Å². The molecule has 1 fully saturated rings. The van der Waals surface area contributed by atoms with Crippen molar-refractivity contribution in [1.29, 1.82) is 0 Å². The highest BCUT2D eigenvalue weighted by atomic mass is 32.1. The van der Waals surface area contributed by atoms with E-state index in [1.54, 1.807) is 7.11 Å². The standard InChI is InChI=1S/C37H37FN4O3S/c1-44-35-10-6-5-9-34(35)41-19-21-42(22-20-41)37(43)33-27-46-36(39-33)25-40(23-28-11-15-31(38)16-12-28)24-29-13-17-32(18-14-29)45-26-30-7-3-2-4-8-30/h2-18,27H,19-26H2,1H3. The van der Waals surface area contributed by atoms with Crippen LogP contribution in [0.25, 0.3) is 0 Å². The Labute approximate surface area is 273 Å². The van der Waals surface area contributed by atoms with Crippen LogP contribution >= 0.6 is 11.3 Å². The second-order valence-corrected chi connectivity index (χ2v) is 12.2. The van der Waals surface area contributed by atoms with Crippen LogP contribution in [0.5, 0.6) is 11.5 Å². The van der Waals surface area contributed by atoms with Crippen molar-refractivity contribution in [3.8, 4) is 11.5 Å². The molecule has 1 aliphatic heterocycles. The van der Waals surface area contributed by atoms with Gasteiger partial charge in [-0.25, -0.2) is 9.37 Å². The zero-order chi connectivity index (χ0) is 31.7. The van der Waals surface area contributed by atoms with Crippen molar-refractivity contribution in [2.45, 2.75) is 26.2 Å². The SMILES string of the molecule is COc1ccccc1N1CCN(C(=O)c2csc(CN(Cc3ccc(F)cc3)Cc3ccc(OCc4ccccc4)cc3)n2)CC1. The van der Waals surface area contributed by atoms with Gasteiger partial charge in [0.05, 0.1) is 19.3 Å². The predicted molar refractivity (Wildman–Crippen MR) is 180 cm³/mol. The number of hydrogen-bond donors (Lipinski definition) is 0. The highest BCUT2D eigenvalue weighted by Crippen LogP contribution is 2.29. The first-order valence-corrected chi connectivity index (χ1v) is 16.3. The maximum atomic E-state index is 13.6. The molecule has 1 amide bonds. The van der Waals surface area contributed by atoms with E-state index in [0.29, 0.717) is 45.0 Å². The summed E-state index contributed by atoms with van der Waals surface area (Å²) in [5.74, 6) is 1.35. The number of aromatic nitrogens is 1. The van der Waals surface area contributed by atoms with Crippen LogP contribution in [-0.4, -0.2) is 54.0 Å². The van der Waals surface area contributed by atoms with Crippen molar-refractivity contribution in [3.63, 3.8) is 0 Å². The molecule has 236 valence electrons. The molecule has 0 N–H and O–H groups in total. The molecule has 6 rings (SSSR count). The first-order valence-electron chi connectivity index (χ1n) is 15.4. The summed E-state index contributed by atoms with van der Waals surface area (Å²) in [7, 11) is 1.68. The van der Waals surface area contributed by atoms with E-state index in [9.17, 15) is 9.18 Å². The second kappa shape index (κ2) is 15.0. The monoisotopic (exact) mass is 636 g/mol. The Morgan fingerprint density at radius 1 is 0.804 bits per heavy atom.